The standard InChI is InChI=1S/C34H37FN4O2/c1-24-2-3-29(19-31(24)35)18-25-12-16-39(17-13-25)34(41)30-8-9-32(37-22-30)33(40)20-26-10-14-38(15-11-26)23-28-6-4-27(21-36)5-7-28/h2-9,19,22,25-26H,10-18,20,23H2,1H3. The minimum atomic E-state index is -0.161. The van der Waals surface area contributed by atoms with Gasteiger partial charge in [-0.05, 0) is 111 Å². The number of halogens is 1. The number of carbonyl (C=O) groups is 2. The van der Waals surface area contributed by atoms with Gasteiger partial charge < -0.3 is 4.90 Å². The lowest BCUT2D eigenvalue weighted by Gasteiger charge is -2.32. The van der Waals surface area contributed by atoms with Gasteiger partial charge in [0, 0.05) is 32.3 Å². The number of benzene rings is 2. The lowest BCUT2D eigenvalue weighted by Crippen LogP contribution is -2.39. The van der Waals surface area contributed by atoms with E-state index in [2.05, 4.69) is 16.0 Å². The second-order valence-corrected chi connectivity index (χ2v) is 11.6. The van der Waals surface area contributed by atoms with Crippen molar-refractivity contribution < 1.29 is 14.0 Å². The van der Waals surface area contributed by atoms with Crippen molar-refractivity contribution in [2.75, 3.05) is 26.2 Å². The minimum Gasteiger partial charge on any atom is -0.339 e. The molecule has 2 fully saturated rings. The van der Waals surface area contributed by atoms with Crippen LogP contribution in [0.1, 0.15) is 75.2 Å². The van der Waals surface area contributed by atoms with Gasteiger partial charge in [0.1, 0.15) is 11.5 Å². The second kappa shape index (κ2) is 13.2. The largest absolute Gasteiger partial charge is 0.339 e. The van der Waals surface area contributed by atoms with Crippen molar-refractivity contribution in [2.45, 2.75) is 52.0 Å². The van der Waals surface area contributed by atoms with E-state index in [4.69, 9.17) is 5.26 Å². The van der Waals surface area contributed by atoms with Crippen LogP contribution in [0.4, 0.5) is 4.39 Å². The van der Waals surface area contributed by atoms with E-state index in [1.165, 1.54) is 11.8 Å². The molecule has 3 heterocycles. The van der Waals surface area contributed by atoms with E-state index in [-0.39, 0.29) is 17.5 Å². The fraction of sp³-hybridized carbons (Fsp3) is 0.412. The van der Waals surface area contributed by atoms with Crippen LogP contribution < -0.4 is 0 Å². The normalized spacial score (nSPS) is 16.9. The first-order valence-electron chi connectivity index (χ1n) is 14.6. The monoisotopic (exact) mass is 552 g/mol. The molecule has 1 aromatic heterocycles. The third kappa shape index (κ3) is 7.45. The molecule has 0 N–H and O–H groups in total. The number of hydrogen-bond acceptors (Lipinski definition) is 5. The van der Waals surface area contributed by atoms with Crippen LogP contribution >= 0.6 is 0 Å². The summed E-state index contributed by atoms with van der Waals surface area (Å²) >= 11 is 0. The van der Waals surface area contributed by atoms with Crippen LogP contribution in [-0.4, -0.2) is 52.7 Å². The molecule has 5 rings (SSSR count). The lowest BCUT2D eigenvalue weighted by atomic mass is 9.89. The molecule has 7 heteroatoms. The van der Waals surface area contributed by atoms with E-state index in [9.17, 15) is 14.0 Å². The molecule has 2 aliphatic heterocycles. The summed E-state index contributed by atoms with van der Waals surface area (Å²) < 4.78 is 13.9. The van der Waals surface area contributed by atoms with E-state index in [1.54, 1.807) is 25.1 Å². The average molecular weight is 553 g/mol. The van der Waals surface area contributed by atoms with Crippen molar-refractivity contribution in [3.8, 4) is 6.07 Å². The summed E-state index contributed by atoms with van der Waals surface area (Å²) in [6.45, 7) is 5.85. The number of nitriles is 1. The number of hydrogen-bond donors (Lipinski definition) is 0. The zero-order valence-corrected chi connectivity index (χ0v) is 23.7. The molecule has 0 spiro atoms. The Morgan fingerprint density at radius 2 is 1.61 bits per heavy atom. The predicted molar refractivity (Wildman–Crippen MR) is 156 cm³/mol. The Hall–Kier alpha value is -3.89. The van der Waals surface area contributed by atoms with Gasteiger partial charge in [0.25, 0.3) is 5.91 Å². The predicted octanol–water partition coefficient (Wildman–Crippen LogP) is 5.98. The van der Waals surface area contributed by atoms with Crippen LogP contribution in [-0.2, 0) is 13.0 Å². The highest BCUT2D eigenvalue weighted by Gasteiger charge is 2.26. The molecule has 212 valence electrons. The number of ketones is 1. The molecule has 6 nitrogen and oxygen atoms in total. The minimum absolute atomic E-state index is 0.0305. The third-order valence-corrected chi connectivity index (χ3v) is 8.63. The van der Waals surface area contributed by atoms with Gasteiger partial charge in [-0.1, -0.05) is 24.3 Å². The van der Waals surface area contributed by atoms with E-state index < -0.39 is 0 Å². The number of aryl methyl sites for hydroxylation is 1. The van der Waals surface area contributed by atoms with E-state index >= 15 is 0 Å². The summed E-state index contributed by atoms with van der Waals surface area (Å²) in [5.41, 5.74) is 4.47. The van der Waals surface area contributed by atoms with E-state index in [1.807, 2.05) is 41.3 Å². The zero-order valence-electron chi connectivity index (χ0n) is 23.7. The number of nitrogens with zero attached hydrogens (tertiary/aromatic N) is 4. The Bertz CT molecular complexity index is 1400. The van der Waals surface area contributed by atoms with Gasteiger partial charge in [-0.3, -0.25) is 19.5 Å². The number of amides is 1. The summed E-state index contributed by atoms with van der Waals surface area (Å²) in [5.74, 6) is 0.586. The molecule has 2 saturated heterocycles. The fourth-order valence-electron chi connectivity index (χ4n) is 5.96. The summed E-state index contributed by atoms with van der Waals surface area (Å²) in [6, 6.07) is 18.7. The molecule has 2 aromatic carbocycles. The third-order valence-electron chi connectivity index (χ3n) is 8.63. The van der Waals surface area contributed by atoms with E-state index in [0.717, 1.165) is 57.3 Å². The quantitative estimate of drug-likeness (QED) is 0.321. The summed E-state index contributed by atoms with van der Waals surface area (Å²) in [6.07, 6.45) is 6.55. The van der Waals surface area contributed by atoms with Crippen LogP contribution in [0, 0.1) is 35.9 Å². The fourth-order valence-corrected chi connectivity index (χ4v) is 5.96. The van der Waals surface area contributed by atoms with Gasteiger partial charge >= 0.3 is 0 Å². The van der Waals surface area contributed by atoms with Crippen molar-refractivity contribution in [2.24, 2.45) is 11.8 Å². The SMILES string of the molecule is Cc1ccc(CC2CCN(C(=O)c3ccc(C(=O)CC4CCN(Cc5ccc(C#N)cc5)CC4)nc3)CC2)cc1F. The first-order valence-corrected chi connectivity index (χ1v) is 14.6. The maximum absolute atomic E-state index is 13.9. The van der Waals surface area contributed by atoms with Crippen LogP contribution in [0.25, 0.3) is 0 Å². The summed E-state index contributed by atoms with van der Waals surface area (Å²) in [7, 11) is 0. The van der Waals surface area contributed by atoms with Crippen molar-refractivity contribution in [3.63, 3.8) is 0 Å². The van der Waals surface area contributed by atoms with Crippen LogP contribution in [0.15, 0.2) is 60.8 Å². The Labute approximate surface area is 241 Å². The van der Waals surface area contributed by atoms with Gasteiger partial charge in [0.05, 0.1) is 17.2 Å². The van der Waals surface area contributed by atoms with Crippen molar-refractivity contribution in [1.82, 2.24) is 14.8 Å². The Morgan fingerprint density at radius 1 is 0.927 bits per heavy atom. The van der Waals surface area contributed by atoms with Crippen LogP contribution in [0.5, 0.6) is 0 Å². The molecule has 41 heavy (non-hydrogen) atoms. The highest BCUT2D eigenvalue weighted by atomic mass is 19.1. The molecule has 0 saturated carbocycles. The summed E-state index contributed by atoms with van der Waals surface area (Å²) in [4.78, 5) is 34.6. The molecular weight excluding hydrogens is 515 g/mol. The van der Waals surface area contributed by atoms with Gasteiger partial charge in [-0.15, -0.1) is 0 Å². The highest BCUT2D eigenvalue weighted by Crippen LogP contribution is 2.25. The van der Waals surface area contributed by atoms with Gasteiger partial charge in [0.2, 0.25) is 0 Å². The number of rotatable bonds is 8. The van der Waals surface area contributed by atoms with Gasteiger partial charge in [0.15, 0.2) is 5.78 Å². The number of carbonyl (C=O) groups excluding carboxylic acids is 2. The maximum atomic E-state index is 13.9. The van der Waals surface area contributed by atoms with Crippen molar-refractivity contribution in [1.29, 1.82) is 5.26 Å². The number of pyridine rings is 1. The first kappa shape index (κ1) is 28.6. The number of aromatic nitrogens is 1. The molecular formula is C34H37FN4O2. The maximum Gasteiger partial charge on any atom is 0.255 e. The smallest absolute Gasteiger partial charge is 0.255 e. The Balaban J connectivity index is 1.05. The highest BCUT2D eigenvalue weighted by molar-refractivity contribution is 5.97. The Morgan fingerprint density at radius 3 is 2.24 bits per heavy atom. The second-order valence-electron chi connectivity index (χ2n) is 11.6. The van der Waals surface area contributed by atoms with Crippen molar-refractivity contribution >= 4 is 11.7 Å². The molecule has 0 bridgehead atoms. The van der Waals surface area contributed by atoms with Gasteiger partial charge in [-0.2, -0.15) is 5.26 Å². The number of likely N-dealkylation sites (tertiary alicyclic amines) is 2. The lowest BCUT2D eigenvalue weighted by molar-refractivity contribution is 0.0689. The number of Topliss-reactive ketones (excluding diaryl/α,β-unsaturated/α-hetero) is 1. The molecule has 3 aromatic rings. The topological polar surface area (TPSA) is 77.3 Å². The molecule has 1 amide bonds. The van der Waals surface area contributed by atoms with Crippen LogP contribution in [0.2, 0.25) is 0 Å². The van der Waals surface area contributed by atoms with Gasteiger partial charge in [-0.25, -0.2) is 4.39 Å². The number of piperidine rings is 2. The average Bonchev–Trinajstić information content (AvgIpc) is 3.00. The van der Waals surface area contributed by atoms with Crippen molar-refractivity contribution in [3.05, 3.63) is 100 Å². The zero-order chi connectivity index (χ0) is 28.8. The Kier molecular flexibility index (Phi) is 9.21. The van der Waals surface area contributed by atoms with Crippen LogP contribution in [0.3, 0.4) is 0 Å². The molecule has 0 aliphatic carbocycles. The molecule has 0 atom stereocenters. The molecule has 0 radical (unpaired) electrons. The summed E-state index contributed by atoms with van der Waals surface area (Å²) in [5, 5.41) is 8.97. The van der Waals surface area contributed by atoms with E-state index in [0.29, 0.717) is 53.7 Å². The first-order chi connectivity index (χ1) is 19.9. The molecule has 0 unspecified atom stereocenters. The molecule has 2 aliphatic rings.